The fourth-order valence-electron chi connectivity index (χ4n) is 1.61. The lowest BCUT2D eigenvalue weighted by Gasteiger charge is -2.08. The van der Waals surface area contributed by atoms with Crippen LogP contribution in [0.25, 0.3) is 0 Å². The maximum atomic E-state index is 11.8. The maximum absolute atomic E-state index is 11.8. The second-order valence-corrected chi connectivity index (χ2v) is 7.05. The molecule has 0 saturated carbocycles. The van der Waals surface area contributed by atoms with Crippen molar-refractivity contribution < 1.29 is 22.7 Å². The number of ether oxygens (including phenoxy) is 2. The first-order valence-electron chi connectivity index (χ1n) is 6.66. The standard InChI is InChI=1S/C14H19ClO5S/c1-3-4-7-19-8-9-20-14(16)12-6-5-11(2)13(10-12)21(15,17)18/h5-6,10H,3-4,7-9H2,1-2H3. The maximum Gasteiger partial charge on any atom is 0.338 e. The van der Waals surface area contributed by atoms with Crippen LogP contribution in [-0.2, 0) is 18.5 Å². The molecule has 5 nitrogen and oxygen atoms in total. The van der Waals surface area contributed by atoms with Gasteiger partial charge in [0, 0.05) is 17.3 Å². The number of rotatable bonds is 8. The third kappa shape index (κ3) is 6.03. The lowest BCUT2D eigenvalue weighted by Crippen LogP contribution is -2.12. The minimum Gasteiger partial charge on any atom is -0.460 e. The lowest BCUT2D eigenvalue weighted by atomic mass is 10.1. The summed E-state index contributed by atoms with van der Waals surface area (Å²) in [6, 6.07) is 4.24. The van der Waals surface area contributed by atoms with Gasteiger partial charge in [0.2, 0.25) is 0 Å². The van der Waals surface area contributed by atoms with E-state index in [2.05, 4.69) is 6.92 Å². The summed E-state index contributed by atoms with van der Waals surface area (Å²) >= 11 is 0. The molecule has 118 valence electrons. The molecule has 0 N–H and O–H groups in total. The van der Waals surface area contributed by atoms with E-state index >= 15 is 0 Å². The summed E-state index contributed by atoms with van der Waals surface area (Å²) < 4.78 is 33.0. The van der Waals surface area contributed by atoms with Crippen LogP contribution in [-0.4, -0.2) is 34.2 Å². The van der Waals surface area contributed by atoms with Crippen molar-refractivity contribution >= 4 is 25.7 Å². The molecule has 0 fully saturated rings. The fourth-order valence-corrected chi connectivity index (χ4v) is 2.83. The van der Waals surface area contributed by atoms with Crippen molar-refractivity contribution in [3.05, 3.63) is 29.3 Å². The molecule has 0 saturated heterocycles. The van der Waals surface area contributed by atoms with Gasteiger partial charge in [-0.1, -0.05) is 19.4 Å². The summed E-state index contributed by atoms with van der Waals surface area (Å²) in [5.74, 6) is -0.601. The third-order valence-electron chi connectivity index (χ3n) is 2.79. The summed E-state index contributed by atoms with van der Waals surface area (Å²) in [5.41, 5.74) is 0.623. The highest BCUT2D eigenvalue weighted by Crippen LogP contribution is 2.21. The van der Waals surface area contributed by atoms with Crippen LogP contribution in [0.1, 0.15) is 35.7 Å². The number of benzene rings is 1. The van der Waals surface area contributed by atoms with E-state index in [1.54, 1.807) is 6.92 Å². The van der Waals surface area contributed by atoms with Crippen molar-refractivity contribution in [2.24, 2.45) is 0 Å². The highest BCUT2D eigenvalue weighted by Gasteiger charge is 2.17. The van der Waals surface area contributed by atoms with Crippen molar-refractivity contribution in [1.29, 1.82) is 0 Å². The predicted molar refractivity (Wildman–Crippen MR) is 80.2 cm³/mol. The molecular weight excluding hydrogens is 316 g/mol. The second kappa shape index (κ2) is 8.36. The molecule has 0 aliphatic rings. The molecule has 7 heteroatoms. The first-order chi connectivity index (χ1) is 9.86. The zero-order valence-electron chi connectivity index (χ0n) is 12.1. The molecule has 0 radical (unpaired) electrons. The Morgan fingerprint density at radius 1 is 1.24 bits per heavy atom. The van der Waals surface area contributed by atoms with E-state index in [-0.39, 0.29) is 17.1 Å². The minimum absolute atomic E-state index is 0.0854. The molecule has 0 heterocycles. The van der Waals surface area contributed by atoms with Gasteiger partial charge in [-0.15, -0.1) is 0 Å². The average Bonchev–Trinajstić information content (AvgIpc) is 2.41. The SMILES string of the molecule is CCCCOCCOC(=O)c1ccc(C)c(S(=O)(=O)Cl)c1. The first kappa shape index (κ1) is 17.9. The number of esters is 1. The summed E-state index contributed by atoms with van der Waals surface area (Å²) in [6.07, 6.45) is 2.00. The second-order valence-electron chi connectivity index (χ2n) is 4.52. The quantitative estimate of drug-likeness (QED) is 0.415. The largest absolute Gasteiger partial charge is 0.460 e. The molecule has 0 aromatic heterocycles. The lowest BCUT2D eigenvalue weighted by molar-refractivity contribution is 0.0313. The Balaban J connectivity index is 2.59. The topological polar surface area (TPSA) is 69.7 Å². The van der Waals surface area contributed by atoms with E-state index in [1.807, 2.05) is 0 Å². The van der Waals surface area contributed by atoms with Crippen LogP contribution >= 0.6 is 10.7 Å². The Bertz CT molecular complexity index is 583. The van der Waals surface area contributed by atoms with Gasteiger partial charge in [-0.05, 0) is 31.0 Å². The van der Waals surface area contributed by atoms with Crippen molar-refractivity contribution in [2.75, 3.05) is 19.8 Å². The number of hydrogen-bond donors (Lipinski definition) is 0. The van der Waals surface area contributed by atoms with Gasteiger partial charge in [0.05, 0.1) is 17.1 Å². The number of carbonyl (C=O) groups is 1. The van der Waals surface area contributed by atoms with Gasteiger partial charge in [0.25, 0.3) is 9.05 Å². The zero-order valence-corrected chi connectivity index (χ0v) is 13.7. The Labute approximate surface area is 129 Å². The molecule has 21 heavy (non-hydrogen) atoms. The highest BCUT2D eigenvalue weighted by atomic mass is 35.7. The number of carbonyl (C=O) groups excluding carboxylic acids is 1. The molecule has 1 aromatic carbocycles. The molecule has 1 rings (SSSR count). The summed E-state index contributed by atoms with van der Waals surface area (Å²) in [4.78, 5) is 11.7. The zero-order chi connectivity index (χ0) is 15.9. The van der Waals surface area contributed by atoms with E-state index < -0.39 is 15.0 Å². The van der Waals surface area contributed by atoms with E-state index in [0.717, 1.165) is 12.8 Å². The molecule has 0 bridgehead atoms. The molecule has 1 aromatic rings. The van der Waals surface area contributed by atoms with E-state index in [4.69, 9.17) is 20.2 Å². The number of hydrogen-bond acceptors (Lipinski definition) is 5. The third-order valence-corrected chi connectivity index (χ3v) is 4.25. The van der Waals surface area contributed by atoms with Crippen LogP contribution in [0.15, 0.2) is 23.1 Å². The smallest absolute Gasteiger partial charge is 0.338 e. The molecule has 0 unspecified atom stereocenters. The van der Waals surface area contributed by atoms with Crippen LogP contribution in [0, 0.1) is 6.92 Å². The molecular formula is C14H19ClO5S. The van der Waals surface area contributed by atoms with Gasteiger partial charge in [-0.25, -0.2) is 13.2 Å². The van der Waals surface area contributed by atoms with Crippen molar-refractivity contribution in [3.8, 4) is 0 Å². The number of halogens is 1. The first-order valence-corrected chi connectivity index (χ1v) is 8.97. The van der Waals surface area contributed by atoms with E-state index in [0.29, 0.717) is 18.8 Å². The molecule has 0 spiro atoms. The summed E-state index contributed by atoms with van der Waals surface area (Å²) in [5, 5.41) is 0. The van der Waals surface area contributed by atoms with Gasteiger partial charge in [-0.3, -0.25) is 0 Å². The predicted octanol–water partition coefficient (Wildman–Crippen LogP) is 2.90. The summed E-state index contributed by atoms with van der Waals surface area (Å²) in [6.45, 7) is 4.74. The molecule has 0 amide bonds. The van der Waals surface area contributed by atoms with Gasteiger partial charge >= 0.3 is 5.97 Å². The number of aryl methyl sites for hydroxylation is 1. The summed E-state index contributed by atoms with van der Waals surface area (Å²) in [7, 11) is 1.43. The van der Waals surface area contributed by atoms with Crippen molar-refractivity contribution in [3.63, 3.8) is 0 Å². The van der Waals surface area contributed by atoms with Crippen LogP contribution in [0.4, 0.5) is 0 Å². The number of unbranched alkanes of at least 4 members (excludes halogenated alkanes) is 1. The highest BCUT2D eigenvalue weighted by molar-refractivity contribution is 8.13. The Morgan fingerprint density at radius 3 is 2.57 bits per heavy atom. The average molecular weight is 335 g/mol. The Hall–Kier alpha value is -1.11. The Morgan fingerprint density at radius 2 is 1.95 bits per heavy atom. The minimum atomic E-state index is -3.89. The van der Waals surface area contributed by atoms with Gasteiger partial charge in [-0.2, -0.15) is 0 Å². The normalized spacial score (nSPS) is 11.4. The van der Waals surface area contributed by atoms with Gasteiger partial charge < -0.3 is 9.47 Å². The molecule has 0 aliphatic carbocycles. The fraction of sp³-hybridized carbons (Fsp3) is 0.500. The molecule has 0 aliphatic heterocycles. The van der Waals surface area contributed by atoms with Crippen LogP contribution in [0.5, 0.6) is 0 Å². The molecule has 0 atom stereocenters. The monoisotopic (exact) mass is 334 g/mol. The van der Waals surface area contributed by atoms with Gasteiger partial charge in [0.15, 0.2) is 0 Å². The van der Waals surface area contributed by atoms with Crippen LogP contribution in [0.3, 0.4) is 0 Å². The van der Waals surface area contributed by atoms with Crippen molar-refractivity contribution in [1.82, 2.24) is 0 Å². The van der Waals surface area contributed by atoms with Crippen LogP contribution in [0.2, 0.25) is 0 Å². The van der Waals surface area contributed by atoms with Crippen LogP contribution < -0.4 is 0 Å². The Kier molecular flexibility index (Phi) is 7.14. The van der Waals surface area contributed by atoms with Gasteiger partial charge in [0.1, 0.15) is 6.61 Å². The van der Waals surface area contributed by atoms with E-state index in [9.17, 15) is 13.2 Å². The van der Waals surface area contributed by atoms with E-state index in [1.165, 1.54) is 18.2 Å². The van der Waals surface area contributed by atoms with Crippen molar-refractivity contribution in [2.45, 2.75) is 31.6 Å².